The summed E-state index contributed by atoms with van der Waals surface area (Å²) in [6.45, 7) is 0.570. The van der Waals surface area contributed by atoms with Crippen LogP contribution in [0.2, 0.25) is 0 Å². The van der Waals surface area contributed by atoms with Crippen LogP contribution < -0.4 is 4.74 Å². The summed E-state index contributed by atoms with van der Waals surface area (Å²) in [6.07, 6.45) is 1.87. The van der Waals surface area contributed by atoms with E-state index in [1.807, 2.05) is 59.3 Å². The molecule has 0 amide bonds. The maximum absolute atomic E-state index is 13.4. The summed E-state index contributed by atoms with van der Waals surface area (Å²) in [5, 5.41) is 10.1. The monoisotopic (exact) mass is 375 g/mol. The molecule has 140 valence electrons. The maximum atomic E-state index is 13.4. The highest BCUT2D eigenvalue weighted by Crippen LogP contribution is 2.26. The Morgan fingerprint density at radius 3 is 2.50 bits per heavy atom. The maximum Gasteiger partial charge on any atom is 0.307 e. The van der Waals surface area contributed by atoms with Crippen molar-refractivity contribution >= 4 is 16.9 Å². The van der Waals surface area contributed by atoms with Gasteiger partial charge < -0.3 is 14.4 Å². The summed E-state index contributed by atoms with van der Waals surface area (Å²) in [6, 6.07) is 21.4. The second-order valence-electron chi connectivity index (χ2n) is 6.58. The molecule has 4 rings (SSSR count). The number of fused-ring (bicyclic) bond motifs is 1. The van der Waals surface area contributed by atoms with Crippen molar-refractivity contribution in [3.05, 3.63) is 95.9 Å². The number of hydrogen-bond acceptors (Lipinski definition) is 2. The van der Waals surface area contributed by atoms with Crippen LogP contribution in [0.1, 0.15) is 11.1 Å². The summed E-state index contributed by atoms with van der Waals surface area (Å²) in [7, 11) is 0. The minimum atomic E-state index is -0.853. The molecule has 1 heterocycles. The first-order valence-corrected chi connectivity index (χ1v) is 8.89. The first-order chi connectivity index (χ1) is 13.6. The van der Waals surface area contributed by atoms with Gasteiger partial charge in [0.1, 0.15) is 17.3 Å². The lowest BCUT2D eigenvalue weighted by atomic mass is 10.1. The second kappa shape index (κ2) is 7.56. The third-order valence-corrected chi connectivity index (χ3v) is 4.50. The fraction of sp³-hybridized carbons (Fsp3) is 0.0870. The van der Waals surface area contributed by atoms with Gasteiger partial charge in [-0.1, -0.05) is 36.4 Å². The highest BCUT2D eigenvalue weighted by Gasteiger charge is 2.11. The van der Waals surface area contributed by atoms with E-state index in [2.05, 4.69) is 0 Å². The van der Waals surface area contributed by atoms with E-state index in [0.717, 1.165) is 22.0 Å². The van der Waals surface area contributed by atoms with E-state index in [-0.39, 0.29) is 12.2 Å². The van der Waals surface area contributed by atoms with E-state index in [1.54, 1.807) is 12.1 Å². The quantitative estimate of drug-likeness (QED) is 0.501. The fourth-order valence-corrected chi connectivity index (χ4v) is 3.33. The van der Waals surface area contributed by atoms with E-state index in [4.69, 9.17) is 9.84 Å². The molecule has 0 saturated carbocycles. The van der Waals surface area contributed by atoms with Crippen LogP contribution in [0.5, 0.6) is 11.5 Å². The SMILES string of the molecule is O=C(O)Cc1cn(Cc2cccc(Oc3cccc(F)c3)c2)c2ccccc12. The Morgan fingerprint density at radius 1 is 0.964 bits per heavy atom. The van der Waals surface area contributed by atoms with Crippen molar-refractivity contribution in [3.8, 4) is 11.5 Å². The summed E-state index contributed by atoms with van der Waals surface area (Å²) in [4.78, 5) is 11.2. The molecule has 5 heteroatoms. The van der Waals surface area contributed by atoms with Crippen LogP contribution in [0, 0.1) is 5.82 Å². The molecule has 28 heavy (non-hydrogen) atoms. The molecule has 0 unspecified atom stereocenters. The van der Waals surface area contributed by atoms with Gasteiger partial charge in [0.2, 0.25) is 0 Å². The van der Waals surface area contributed by atoms with Gasteiger partial charge >= 0.3 is 5.97 Å². The zero-order valence-corrected chi connectivity index (χ0v) is 15.0. The number of ether oxygens (including phenoxy) is 1. The number of rotatable bonds is 6. The van der Waals surface area contributed by atoms with Crippen LogP contribution in [0.3, 0.4) is 0 Å². The van der Waals surface area contributed by atoms with E-state index >= 15 is 0 Å². The predicted octanol–water partition coefficient (Wildman–Crippen LogP) is 5.25. The van der Waals surface area contributed by atoms with Crippen molar-refractivity contribution in [2.45, 2.75) is 13.0 Å². The van der Waals surface area contributed by atoms with Crippen molar-refractivity contribution in [1.82, 2.24) is 4.57 Å². The van der Waals surface area contributed by atoms with Gasteiger partial charge in [-0.3, -0.25) is 4.79 Å². The third-order valence-electron chi connectivity index (χ3n) is 4.50. The Kier molecular flexibility index (Phi) is 4.81. The number of para-hydroxylation sites is 1. The Bertz CT molecular complexity index is 1150. The third kappa shape index (κ3) is 3.88. The highest BCUT2D eigenvalue weighted by molar-refractivity contribution is 5.87. The zero-order chi connectivity index (χ0) is 19.5. The van der Waals surface area contributed by atoms with Crippen LogP contribution in [-0.2, 0) is 17.8 Å². The molecule has 1 N–H and O–H groups in total. The molecule has 0 aliphatic rings. The summed E-state index contributed by atoms with van der Waals surface area (Å²) in [5.41, 5.74) is 2.77. The Labute approximate surface area is 161 Å². The van der Waals surface area contributed by atoms with Gasteiger partial charge in [0, 0.05) is 29.7 Å². The molecule has 1 aromatic heterocycles. The normalized spacial score (nSPS) is 10.9. The molecule has 0 aliphatic carbocycles. The number of halogens is 1. The number of carbonyl (C=O) groups is 1. The molecule has 0 radical (unpaired) electrons. The van der Waals surface area contributed by atoms with Crippen molar-refractivity contribution in [3.63, 3.8) is 0 Å². The largest absolute Gasteiger partial charge is 0.481 e. The van der Waals surface area contributed by atoms with Gasteiger partial charge in [0.25, 0.3) is 0 Å². The first kappa shape index (κ1) is 17.8. The number of nitrogens with zero attached hydrogens (tertiary/aromatic N) is 1. The van der Waals surface area contributed by atoms with Crippen molar-refractivity contribution in [2.24, 2.45) is 0 Å². The van der Waals surface area contributed by atoms with Crippen LogP contribution in [0.25, 0.3) is 10.9 Å². The molecule has 0 aliphatic heterocycles. The average molecular weight is 375 g/mol. The number of hydrogen-bond donors (Lipinski definition) is 1. The molecule has 4 nitrogen and oxygen atoms in total. The van der Waals surface area contributed by atoms with Crippen molar-refractivity contribution in [2.75, 3.05) is 0 Å². The van der Waals surface area contributed by atoms with E-state index < -0.39 is 5.97 Å². The molecule has 0 atom stereocenters. The average Bonchev–Trinajstić information content (AvgIpc) is 2.99. The van der Waals surface area contributed by atoms with E-state index in [0.29, 0.717) is 18.0 Å². The molecule has 0 fully saturated rings. The highest BCUT2D eigenvalue weighted by atomic mass is 19.1. The van der Waals surface area contributed by atoms with E-state index in [9.17, 15) is 9.18 Å². The summed E-state index contributed by atoms with van der Waals surface area (Å²) < 4.78 is 21.1. The lowest BCUT2D eigenvalue weighted by Crippen LogP contribution is -2.00. The summed E-state index contributed by atoms with van der Waals surface area (Å²) in [5.74, 6) is -0.149. The molecule has 0 bridgehead atoms. The lowest BCUT2D eigenvalue weighted by molar-refractivity contribution is -0.136. The second-order valence-corrected chi connectivity index (χ2v) is 6.58. The standard InChI is InChI=1S/C23H18FNO3/c24-18-6-4-8-20(13-18)28-19-7-3-5-16(11-19)14-25-15-17(12-23(26)27)21-9-1-2-10-22(21)25/h1-11,13,15H,12,14H2,(H,26,27). The van der Waals surface area contributed by atoms with Crippen LogP contribution >= 0.6 is 0 Å². The van der Waals surface area contributed by atoms with Crippen LogP contribution in [-0.4, -0.2) is 15.6 Å². The molecule has 0 spiro atoms. The Hall–Kier alpha value is -3.60. The predicted molar refractivity (Wildman–Crippen MR) is 105 cm³/mol. The van der Waals surface area contributed by atoms with E-state index in [1.165, 1.54) is 12.1 Å². The van der Waals surface area contributed by atoms with Crippen LogP contribution in [0.4, 0.5) is 4.39 Å². The topological polar surface area (TPSA) is 51.5 Å². The lowest BCUT2D eigenvalue weighted by Gasteiger charge is -2.09. The molecule has 3 aromatic carbocycles. The van der Waals surface area contributed by atoms with Gasteiger partial charge in [-0.15, -0.1) is 0 Å². The minimum absolute atomic E-state index is 0.0176. The van der Waals surface area contributed by atoms with Crippen LogP contribution in [0.15, 0.2) is 79.0 Å². The zero-order valence-electron chi connectivity index (χ0n) is 15.0. The minimum Gasteiger partial charge on any atom is -0.481 e. The van der Waals surface area contributed by atoms with Crippen molar-refractivity contribution < 1.29 is 19.0 Å². The number of carboxylic acid groups (broad SMARTS) is 1. The van der Waals surface area contributed by atoms with Gasteiger partial charge in [0.05, 0.1) is 6.42 Å². The van der Waals surface area contributed by atoms with Gasteiger partial charge in [-0.2, -0.15) is 0 Å². The molecular formula is C23H18FNO3. The number of carboxylic acids is 1. The van der Waals surface area contributed by atoms with Crippen molar-refractivity contribution in [1.29, 1.82) is 0 Å². The molecular weight excluding hydrogens is 357 g/mol. The Balaban J connectivity index is 1.62. The summed E-state index contributed by atoms with van der Waals surface area (Å²) >= 11 is 0. The Morgan fingerprint density at radius 2 is 1.71 bits per heavy atom. The molecule has 0 saturated heterocycles. The fourth-order valence-electron chi connectivity index (χ4n) is 3.33. The molecule has 4 aromatic rings. The first-order valence-electron chi connectivity index (χ1n) is 8.89. The number of aliphatic carboxylic acids is 1. The smallest absolute Gasteiger partial charge is 0.307 e. The van der Waals surface area contributed by atoms with Gasteiger partial charge in [0.15, 0.2) is 0 Å². The number of benzene rings is 3. The van der Waals surface area contributed by atoms with Gasteiger partial charge in [-0.25, -0.2) is 4.39 Å². The number of aromatic nitrogens is 1. The van der Waals surface area contributed by atoms with Gasteiger partial charge in [-0.05, 0) is 41.5 Å².